The Morgan fingerprint density at radius 3 is 2.39 bits per heavy atom. The minimum Gasteiger partial charge on any atom is -0.494 e. The van der Waals surface area contributed by atoms with Crippen molar-refractivity contribution in [1.82, 2.24) is 9.97 Å². The predicted octanol–water partition coefficient (Wildman–Crippen LogP) is 4.93. The molecule has 0 saturated carbocycles. The Labute approximate surface area is 193 Å². The highest BCUT2D eigenvalue weighted by Gasteiger charge is 2.10. The largest absolute Gasteiger partial charge is 0.494 e. The standard InChI is InChI=1S/C24H26N4O4S/c1-4-15-32-21-10-5-19(6-11-21)7-14-24(29)27-20-8-12-22(13-9-20)33(30,31)28-23-16-17(2)25-18(3)26-23/h5-14,16H,4,15H2,1-3H3,(H2,25,26,27,28,29)/p-1. The Hall–Kier alpha value is -3.72. The lowest BCUT2D eigenvalue weighted by molar-refractivity contribution is -0.111. The molecule has 9 heteroatoms. The third kappa shape index (κ3) is 7.15. The number of sulfonamides is 1. The molecule has 2 aromatic carbocycles. The molecule has 0 aliphatic rings. The lowest BCUT2D eigenvalue weighted by atomic mass is 10.2. The summed E-state index contributed by atoms with van der Waals surface area (Å²) in [4.78, 5) is 20.3. The molecular formula is C24H25N4O4S-. The van der Waals surface area contributed by atoms with Crippen molar-refractivity contribution in [3.8, 4) is 5.75 Å². The Kier molecular flexibility index (Phi) is 7.78. The third-order valence-electron chi connectivity index (χ3n) is 4.37. The van der Waals surface area contributed by atoms with Gasteiger partial charge in [0.15, 0.2) is 0 Å². The second-order valence-electron chi connectivity index (χ2n) is 7.25. The van der Waals surface area contributed by atoms with E-state index in [4.69, 9.17) is 4.74 Å². The van der Waals surface area contributed by atoms with Crippen LogP contribution in [0.4, 0.5) is 11.5 Å². The van der Waals surface area contributed by atoms with Crippen molar-refractivity contribution in [2.24, 2.45) is 0 Å². The summed E-state index contributed by atoms with van der Waals surface area (Å²) >= 11 is 0. The normalized spacial score (nSPS) is 11.4. The highest BCUT2D eigenvalue weighted by atomic mass is 32.2. The fourth-order valence-corrected chi connectivity index (χ4v) is 3.81. The Balaban J connectivity index is 1.60. The summed E-state index contributed by atoms with van der Waals surface area (Å²) in [5.41, 5.74) is 1.94. The molecule has 1 amide bonds. The third-order valence-corrected chi connectivity index (χ3v) is 5.66. The monoisotopic (exact) mass is 465 g/mol. The fourth-order valence-electron chi connectivity index (χ4n) is 2.88. The average Bonchev–Trinajstić information content (AvgIpc) is 2.76. The number of nitrogens with one attached hydrogen (secondary N) is 1. The molecule has 0 atom stereocenters. The van der Waals surface area contributed by atoms with E-state index in [1.807, 2.05) is 31.2 Å². The number of rotatable bonds is 9. The lowest BCUT2D eigenvalue weighted by Crippen LogP contribution is -2.08. The van der Waals surface area contributed by atoms with E-state index in [9.17, 15) is 13.2 Å². The minimum absolute atomic E-state index is 0.00431. The molecule has 0 bridgehead atoms. The topological polar surface area (TPSA) is 112 Å². The molecule has 0 radical (unpaired) electrons. The number of amides is 1. The molecule has 1 heterocycles. The van der Waals surface area contributed by atoms with Crippen LogP contribution in [0.1, 0.15) is 30.4 Å². The number of anilines is 1. The number of hydrogen-bond acceptors (Lipinski definition) is 6. The summed E-state index contributed by atoms with van der Waals surface area (Å²) in [6.07, 6.45) is 4.02. The molecule has 0 fully saturated rings. The number of benzene rings is 2. The van der Waals surface area contributed by atoms with Crippen LogP contribution in [-0.2, 0) is 14.8 Å². The highest BCUT2D eigenvalue weighted by Crippen LogP contribution is 2.27. The SMILES string of the molecule is CCCOc1ccc(C=CC(=O)Nc2ccc(S(=O)(=O)[N-]c3cc(C)nc(C)n3)cc2)cc1. The van der Waals surface area contributed by atoms with Crippen LogP contribution in [0.5, 0.6) is 5.75 Å². The zero-order chi connectivity index (χ0) is 23.8. The van der Waals surface area contributed by atoms with E-state index in [0.29, 0.717) is 23.8 Å². The number of carbonyl (C=O) groups excluding carboxylic acids is 1. The number of aryl methyl sites for hydroxylation is 2. The summed E-state index contributed by atoms with van der Waals surface area (Å²) in [5, 5.41) is 2.70. The first kappa shape index (κ1) is 23.9. The summed E-state index contributed by atoms with van der Waals surface area (Å²) < 4.78 is 34.4. The van der Waals surface area contributed by atoms with Gasteiger partial charge >= 0.3 is 0 Å². The molecule has 3 rings (SSSR count). The van der Waals surface area contributed by atoms with Gasteiger partial charge in [0.25, 0.3) is 0 Å². The molecule has 0 aliphatic heterocycles. The van der Waals surface area contributed by atoms with Gasteiger partial charge in [0, 0.05) is 23.3 Å². The van der Waals surface area contributed by atoms with Crippen LogP contribution >= 0.6 is 0 Å². The van der Waals surface area contributed by atoms with Gasteiger partial charge in [-0.3, -0.25) is 9.78 Å². The summed E-state index contributed by atoms with van der Waals surface area (Å²) in [7, 11) is -3.95. The van der Waals surface area contributed by atoms with Crippen molar-refractivity contribution >= 4 is 33.5 Å². The second kappa shape index (κ2) is 10.7. The van der Waals surface area contributed by atoms with Crippen LogP contribution in [0.15, 0.2) is 65.6 Å². The van der Waals surface area contributed by atoms with E-state index in [1.54, 1.807) is 19.9 Å². The predicted molar refractivity (Wildman–Crippen MR) is 128 cm³/mol. The molecular weight excluding hydrogens is 440 g/mol. The van der Waals surface area contributed by atoms with Crippen molar-refractivity contribution in [3.05, 3.63) is 82.5 Å². The van der Waals surface area contributed by atoms with E-state index in [2.05, 4.69) is 20.0 Å². The molecule has 0 aliphatic carbocycles. The summed E-state index contributed by atoms with van der Waals surface area (Å²) in [6.45, 7) is 6.11. The van der Waals surface area contributed by atoms with Gasteiger partial charge in [-0.05, 0) is 80.2 Å². The summed E-state index contributed by atoms with van der Waals surface area (Å²) in [6, 6.07) is 14.7. The molecule has 1 aromatic heterocycles. The van der Waals surface area contributed by atoms with Crippen LogP contribution in [0, 0.1) is 13.8 Å². The van der Waals surface area contributed by atoms with Crippen LogP contribution in [0.2, 0.25) is 0 Å². The Morgan fingerprint density at radius 1 is 1.06 bits per heavy atom. The maximum atomic E-state index is 12.6. The van der Waals surface area contributed by atoms with Gasteiger partial charge in [-0.1, -0.05) is 19.1 Å². The van der Waals surface area contributed by atoms with Crippen LogP contribution in [-0.4, -0.2) is 30.9 Å². The minimum atomic E-state index is -3.95. The smallest absolute Gasteiger partial charge is 0.248 e. The quantitative estimate of drug-likeness (QED) is 0.449. The second-order valence-corrected chi connectivity index (χ2v) is 8.85. The van der Waals surface area contributed by atoms with E-state index < -0.39 is 10.0 Å². The first-order valence-corrected chi connectivity index (χ1v) is 11.8. The lowest BCUT2D eigenvalue weighted by Gasteiger charge is -2.17. The summed E-state index contributed by atoms with van der Waals surface area (Å²) in [5.74, 6) is 0.960. The molecule has 3 aromatic rings. The van der Waals surface area contributed by atoms with Crippen molar-refractivity contribution in [1.29, 1.82) is 0 Å². The van der Waals surface area contributed by atoms with Crippen LogP contribution in [0.25, 0.3) is 10.8 Å². The van der Waals surface area contributed by atoms with E-state index >= 15 is 0 Å². The molecule has 0 spiro atoms. The van der Waals surface area contributed by atoms with E-state index in [-0.39, 0.29) is 16.6 Å². The molecule has 1 N–H and O–H groups in total. The van der Waals surface area contributed by atoms with Crippen molar-refractivity contribution in [3.63, 3.8) is 0 Å². The zero-order valence-corrected chi connectivity index (χ0v) is 19.5. The van der Waals surface area contributed by atoms with Gasteiger partial charge < -0.3 is 19.8 Å². The van der Waals surface area contributed by atoms with Gasteiger partial charge in [0.2, 0.25) is 15.9 Å². The van der Waals surface area contributed by atoms with Gasteiger partial charge in [-0.2, -0.15) is 0 Å². The Bertz CT molecular complexity index is 1220. The Morgan fingerprint density at radius 2 is 1.76 bits per heavy atom. The average molecular weight is 466 g/mol. The van der Waals surface area contributed by atoms with Gasteiger partial charge in [0.1, 0.15) is 5.75 Å². The molecule has 0 unspecified atom stereocenters. The number of aromatic nitrogens is 2. The number of hydrogen-bond donors (Lipinski definition) is 1. The zero-order valence-electron chi connectivity index (χ0n) is 18.6. The molecule has 33 heavy (non-hydrogen) atoms. The van der Waals surface area contributed by atoms with E-state index in [1.165, 1.54) is 36.4 Å². The molecule has 8 nitrogen and oxygen atoms in total. The van der Waals surface area contributed by atoms with Crippen molar-refractivity contribution in [2.45, 2.75) is 32.1 Å². The number of ether oxygens (including phenoxy) is 1. The molecule has 0 saturated heterocycles. The van der Waals surface area contributed by atoms with Crippen LogP contribution in [0.3, 0.4) is 0 Å². The van der Waals surface area contributed by atoms with Gasteiger partial charge in [-0.15, -0.1) is 0 Å². The van der Waals surface area contributed by atoms with Gasteiger partial charge in [0.05, 0.1) is 11.5 Å². The maximum absolute atomic E-state index is 12.6. The first-order valence-electron chi connectivity index (χ1n) is 10.4. The van der Waals surface area contributed by atoms with Crippen LogP contribution < -0.4 is 10.1 Å². The van der Waals surface area contributed by atoms with E-state index in [0.717, 1.165) is 17.7 Å². The van der Waals surface area contributed by atoms with Gasteiger partial charge in [-0.25, -0.2) is 8.42 Å². The maximum Gasteiger partial charge on any atom is 0.248 e. The fraction of sp³-hybridized carbons (Fsp3) is 0.208. The first-order chi connectivity index (χ1) is 15.7. The highest BCUT2D eigenvalue weighted by molar-refractivity contribution is 7.94. The number of carbonyl (C=O) groups is 1. The molecule has 172 valence electrons. The number of nitrogens with zero attached hydrogens (tertiary/aromatic N) is 3. The van der Waals surface area contributed by atoms with Crippen molar-refractivity contribution in [2.75, 3.05) is 11.9 Å². The van der Waals surface area contributed by atoms with Crippen molar-refractivity contribution < 1.29 is 17.9 Å².